The number of nitrogens with zero attached hydrogens (tertiary/aromatic N) is 4. The number of aromatic nitrogens is 4. The van der Waals surface area contributed by atoms with Crippen LogP contribution in [0, 0.1) is 13.8 Å². The van der Waals surface area contributed by atoms with Crippen molar-refractivity contribution in [3.8, 4) is 5.75 Å². The largest absolute Gasteiger partial charge is 0.496 e. The van der Waals surface area contributed by atoms with Crippen LogP contribution in [0.5, 0.6) is 5.75 Å². The third kappa shape index (κ3) is 3.52. The molecule has 3 aromatic heterocycles. The molecule has 34 heavy (non-hydrogen) atoms. The molecule has 0 fully saturated rings. The second-order valence-corrected chi connectivity index (χ2v) is 8.82. The van der Waals surface area contributed by atoms with Crippen LogP contribution in [-0.2, 0) is 17.8 Å². The number of hydrogen-bond acceptors (Lipinski definition) is 7. The topological polar surface area (TPSA) is 127 Å². The molecule has 3 aromatic rings. The van der Waals surface area contributed by atoms with Crippen LogP contribution in [0.2, 0.25) is 5.15 Å². The van der Waals surface area contributed by atoms with E-state index >= 15 is 0 Å². The summed E-state index contributed by atoms with van der Waals surface area (Å²) in [6, 6.07) is 1.78. The molecule has 10 heteroatoms. The van der Waals surface area contributed by atoms with E-state index in [1.54, 1.807) is 25.4 Å². The van der Waals surface area contributed by atoms with Crippen LogP contribution < -0.4 is 15.4 Å². The van der Waals surface area contributed by atoms with Crippen molar-refractivity contribution in [2.24, 2.45) is 0 Å². The molecule has 0 atom stereocenters. The summed E-state index contributed by atoms with van der Waals surface area (Å²) in [7, 11) is 1.60. The molecule has 0 unspecified atom stereocenters. The number of carbonyl (C=O) groups is 2. The first kappa shape index (κ1) is 22.1. The number of aromatic amines is 1. The highest BCUT2D eigenvalue weighted by molar-refractivity contribution is 6.41. The summed E-state index contributed by atoms with van der Waals surface area (Å²) in [6.07, 6.45) is 5.53. The van der Waals surface area contributed by atoms with E-state index in [-0.39, 0.29) is 29.3 Å². The van der Waals surface area contributed by atoms with Gasteiger partial charge in [0.25, 0.3) is 5.91 Å². The number of ketones is 1. The van der Waals surface area contributed by atoms with Crippen molar-refractivity contribution in [2.45, 2.75) is 39.7 Å². The van der Waals surface area contributed by atoms with Crippen LogP contribution >= 0.6 is 11.6 Å². The lowest BCUT2D eigenvalue weighted by atomic mass is 9.97. The van der Waals surface area contributed by atoms with Gasteiger partial charge in [0.2, 0.25) is 5.95 Å². The number of amides is 1. The van der Waals surface area contributed by atoms with Crippen molar-refractivity contribution in [1.82, 2.24) is 19.9 Å². The van der Waals surface area contributed by atoms with E-state index in [0.717, 1.165) is 35.4 Å². The standard InChI is InChI=1S/C24H23ClN6O3/c1-11-9-27-17(12(2)20(11)34-3)10-31-22-19(21(25)29-24(26)30-22)15(23(31)33)8-13-7-14-16(28-13)5-4-6-18(14)32/h7-9,28H,4-6,10H2,1-3H3,(H2,26,29,30)/b15-8-. The lowest BCUT2D eigenvalue weighted by Crippen LogP contribution is -2.27. The van der Waals surface area contributed by atoms with E-state index in [1.807, 2.05) is 13.8 Å². The number of nitrogens with one attached hydrogen (secondary N) is 1. The van der Waals surface area contributed by atoms with Gasteiger partial charge in [-0.05, 0) is 38.8 Å². The SMILES string of the molecule is COc1c(C)cnc(CN2C(=O)/C(=C\c3cc4c([nH]3)CCCC4=O)c3c(Cl)nc(N)nc32)c1C. The molecule has 0 spiro atoms. The fourth-order valence-corrected chi connectivity index (χ4v) is 4.91. The maximum Gasteiger partial charge on any atom is 0.260 e. The van der Waals surface area contributed by atoms with Crippen molar-refractivity contribution >= 4 is 46.7 Å². The van der Waals surface area contributed by atoms with Crippen molar-refractivity contribution in [3.05, 3.63) is 56.8 Å². The van der Waals surface area contributed by atoms with Gasteiger partial charge in [0, 0.05) is 40.7 Å². The highest BCUT2D eigenvalue weighted by atomic mass is 35.5. The average Bonchev–Trinajstić information content (AvgIpc) is 3.31. The molecule has 1 amide bonds. The first-order chi connectivity index (χ1) is 16.3. The fourth-order valence-electron chi connectivity index (χ4n) is 4.63. The first-order valence-corrected chi connectivity index (χ1v) is 11.3. The van der Waals surface area contributed by atoms with Crippen molar-refractivity contribution < 1.29 is 14.3 Å². The van der Waals surface area contributed by atoms with Gasteiger partial charge < -0.3 is 15.5 Å². The zero-order valence-corrected chi connectivity index (χ0v) is 19.8. The van der Waals surface area contributed by atoms with E-state index in [1.165, 1.54) is 4.90 Å². The molecule has 0 saturated carbocycles. The van der Waals surface area contributed by atoms with Gasteiger partial charge in [0.15, 0.2) is 11.6 Å². The molecular formula is C24H23ClN6O3. The van der Waals surface area contributed by atoms with Crippen LogP contribution in [0.15, 0.2) is 12.3 Å². The maximum absolute atomic E-state index is 13.6. The number of halogens is 1. The highest BCUT2D eigenvalue weighted by Gasteiger charge is 2.38. The zero-order chi connectivity index (χ0) is 24.1. The number of anilines is 2. The number of Topliss-reactive ketones (excluding diaryl/α,β-unsaturated/α-hetero) is 1. The van der Waals surface area contributed by atoms with Gasteiger partial charge in [0.05, 0.1) is 30.5 Å². The number of nitrogens with two attached hydrogens (primary N) is 1. The summed E-state index contributed by atoms with van der Waals surface area (Å²) in [5.74, 6) is 0.800. The third-order valence-corrected chi connectivity index (χ3v) is 6.55. The molecule has 5 rings (SSSR count). The second-order valence-electron chi connectivity index (χ2n) is 8.46. The Morgan fingerprint density at radius 1 is 1.26 bits per heavy atom. The Morgan fingerprint density at radius 3 is 2.79 bits per heavy atom. The van der Waals surface area contributed by atoms with Gasteiger partial charge in [0.1, 0.15) is 10.9 Å². The number of aryl methyl sites for hydroxylation is 2. The van der Waals surface area contributed by atoms with Gasteiger partial charge in [-0.3, -0.25) is 19.5 Å². The predicted molar refractivity (Wildman–Crippen MR) is 129 cm³/mol. The summed E-state index contributed by atoms with van der Waals surface area (Å²) in [5, 5.41) is 0.0863. The summed E-state index contributed by atoms with van der Waals surface area (Å²) in [6.45, 7) is 3.96. The van der Waals surface area contributed by atoms with Crippen LogP contribution in [0.4, 0.5) is 11.8 Å². The van der Waals surface area contributed by atoms with Crippen molar-refractivity contribution in [2.75, 3.05) is 17.7 Å². The smallest absolute Gasteiger partial charge is 0.260 e. The minimum Gasteiger partial charge on any atom is -0.496 e. The Bertz CT molecular complexity index is 1390. The van der Waals surface area contributed by atoms with E-state index in [4.69, 9.17) is 22.1 Å². The minimum atomic E-state index is -0.309. The summed E-state index contributed by atoms with van der Waals surface area (Å²) in [5.41, 5.74) is 11.2. The number of methoxy groups -OCH3 is 1. The molecule has 3 N–H and O–H groups in total. The van der Waals surface area contributed by atoms with Crippen molar-refractivity contribution in [1.29, 1.82) is 0 Å². The molecule has 2 aliphatic rings. The lowest BCUT2D eigenvalue weighted by molar-refractivity contribution is -0.113. The van der Waals surface area contributed by atoms with Gasteiger partial charge in [-0.2, -0.15) is 4.98 Å². The van der Waals surface area contributed by atoms with Crippen LogP contribution in [-0.4, -0.2) is 38.7 Å². The summed E-state index contributed by atoms with van der Waals surface area (Å²) < 4.78 is 5.51. The van der Waals surface area contributed by atoms with E-state index in [9.17, 15) is 9.59 Å². The van der Waals surface area contributed by atoms with E-state index in [2.05, 4.69) is 19.9 Å². The van der Waals surface area contributed by atoms with Crippen LogP contribution in [0.1, 0.15) is 57.0 Å². The monoisotopic (exact) mass is 478 g/mol. The molecule has 0 aromatic carbocycles. The van der Waals surface area contributed by atoms with Gasteiger partial charge >= 0.3 is 0 Å². The number of nitrogen functional groups attached to an aromatic ring is 1. The molecule has 4 heterocycles. The number of H-pyrrole nitrogens is 1. The van der Waals surface area contributed by atoms with E-state index in [0.29, 0.717) is 40.3 Å². The molecule has 174 valence electrons. The number of ether oxygens (including phenoxy) is 1. The third-order valence-electron chi connectivity index (χ3n) is 6.27. The number of rotatable bonds is 4. The van der Waals surface area contributed by atoms with Gasteiger partial charge in [-0.15, -0.1) is 0 Å². The Kier molecular flexibility index (Phi) is 5.36. The Hall–Kier alpha value is -3.72. The number of pyridine rings is 1. The summed E-state index contributed by atoms with van der Waals surface area (Å²) in [4.78, 5) is 43.5. The highest BCUT2D eigenvalue weighted by Crippen LogP contribution is 2.42. The Morgan fingerprint density at radius 2 is 2.06 bits per heavy atom. The molecule has 0 radical (unpaired) electrons. The number of carbonyl (C=O) groups excluding carboxylic acids is 2. The lowest BCUT2D eigenvalue weighted by Gasteiger charge is -2.19. The molecule has 0 bridgehead atoms. The van der Waals surface area contributed by atoms with Gasteiger partial charge in [-0.25, -0.2) is 4.98 Å². The molecule has 0 saturated heterocycles. The van der Waals surface area contributed by atoms with Crippen LogP contribution in [0.25, 0.3) is 11.6 Å². The number of fused-ring (bicyclic) bond motifs is 2. The van der Waals surface area contributed by atoms with E-state index < -0.39 is 0 Å². The average molecular weight is 479 g/mol. The summed E-state index contributed by atoms with van der Waals surface area (Å²) >= 11 is 6.44. The molecular weight excluding hydrogens is 456 g/mol. The second kappa shape index (κ2) is 8.25. The maximum atomic E-state index is 13.6. The molecule has 1 aliphatic carbocycles. The Labute approximate surface area is 201 Å². The van der Waals surface area contributed by atoms with Crippen molar-refractivity contribution in [3.63, 3.8) is 0 Å². The predicted octanol–water partition coefficient (Wildman–Crippen LogP) is 3.67. The fraction of sp³-hybridized carbons (Fsp3) is 0.292. The van der Waals surface area contributed by atoms with Crippen LogP contribution in [0.3, 0.4) is 0 Å². The first-order valence-electron chi connectivity index (χ1n) is 10.9. The molecule has 1 aliphatic heterocycles. The normalized spacial score (nSPS) is 16.2. The minimum absolute atomic E-state index is 0.0325. The number of hydrogen-bond donors (Lipinski definition) is 2. The van der Waals surface area contributed by atoms with Gasteiger partial charge in [-0.1, -0.05) is 11.6 Å². The quantitative estimate of drug-likeness (QED) is 0.432. The zero-order valence-electron chi connectivity index (χ0n) is 19.0. The molecule has 9 nitrogen and oxygen atoms in total. The Balaban J connectivity index is 1.60.